The fraction of sp³-hybridized carbons (Fsp3) is 0.350. The van der Waals surface area contributed by atoms with Crippen LogP contribution in [-0.2, 0) is 11.3 Å². The third kappa shape index (κ3) is 5.55. The maximum absolute atomic E-state index is 12.1. The normalized spacial score (nSPS) is 17.0. The lowest BCUT2D eigenvalue weighted by Gasteiger charge is -2.15. The van der Waals surface area contributed by atoms with Crippen molar-refractivity contribution >= 4 is 23.6 Å². The van der Waals surface area contributed by atoms with Crippen LogP contribution < -0.4 is 10.9 Å². The molecule has 1 unspecified atom stereocenters. The van der Waals surface area contributed by atoms with Crippen molar-refractivity contribution in [3.05, 3.63) is 64.6 Å². The molecule has 0 bridgehead atoms. The molecule has 27 heavy (non-hydrogen) atoms. The van der Waals surface area contributed by atoms with Crippen molar-refractivity contribution in [3.63, 3.8) is 0 Å². The van der Waals surface area contributed by atoms with Gasteiger partial charge < -0.3 is 15.3 Å². The van der Waals surface area contributed by atoms with Gasteiger partial charge in [-0.15, -0.1) is 0 Å². The monoisotopic (exact) mass is 384 g/mol. The van der Waals surface area contributed by atoms with Crippen LogP contribution in [0.1, 0.15) is 18.9 Å². The third-order valence-electron chi connectivity index (χ3n) is 4.46. The molecular weight excluding hydrogens is 360 g/mol. The highest BCUT2D eigenvalue weighted by molar-refractivity contribution is 7.97. The zero-order valence-electron chi connectivity index (χ0n) is 15.4. The van der Waals surface area contributed by atoms with E-state index in [0.717, 1.165) is 23.4 Å². The summed E-state index contributed by atoms with van der Waals surface area (Å²) in [6.07, 6.45) is 2.63. The first-order valence-corrected chi connectivity index (χ1v) is 9.77. The molecule has 0 aliphatic carbocycles. The Hall–Kier alpha value is -2.38. The van der Waals surface area contributed by atoms with Crippen molar-refractivity contribution in [2.45, 2.75) is 24.8 Å². The Balaban J connectivity index is 1.52. The van der Waals surface area contributed by atoms with E-state index in [-0.39, 0.29) is 17.4 Å². The van der Waals surface area contributed by atoms with Crippen LogP contribution in [0.15, 0.2) is 58.4 Å². The third-order valence-corrected chi connectivity index (χ3v) is 5.53. The predicted octanol–water partition coefficient (Wildman–Crippen LogP) is 2.38. The molecule has 2 N–H and O–H groups in total. The smallest absolute Gasteiger partial charge is 0.250 e. The van der Waals surface area contributed by atoms with Crippen molar-refractivity contribution in [2.75, 3.05) is 19.6 Å². The summed E-state index contributed by atoms with van der Waals surface area (Å²) < 4.78 is 3.89. The van der Waals surface area contributed by atoms with E-state index in [1.165, 1.54) is 0 Å². The molecule has 142 valence electrons. The van der Waals surface area contributed by atoms with Crippen LogP contribution in [-0.4, -0.2) is 40.1 Å². The molecule has 7 heteroatoms. The number of nitrogens with zero attached hydrogens (tertiary/aromatic N) is 2. The summed E-state index contributed by atoms with van der Waals surface area (Å²) in [5, 5.41) is 10.2. The number of aromatic nitrogens is 1. The van der Waals surface area contributed by atoms with Gasteiger partial charge in [0, 0.05) is 36.0 Å². The number of hydrogen-bond acceptors (Lipinski definition) is 5. The Labute approximate surface area is 163 Å². The topological polar surface area (TPSA) is 78.2 Å². The maximum Gasteiger partial charge on any atom is 0.250 e. The van der Waals surface area contributed by atoms with E-state index >= 15 is 0 Å². The predicted molar refractivity (Wildman–Crippen MR) is 108 cm³/mol. The summed E-state index contributed by atoms with van der Waals surface area (Å²) in [7, 11) is 0. The quantitative estimate of drug-likeness (QED) is 0.568. The summed E-state index contributed by atoms with van der Waals surface area (Å²) in [6, 6.07) is 13.3. The van der Waals surface area contributed by atoms with E-state index in [0.29, 0.717) is 25.3 Å². The second-order valence-corrected chi connectivity index (χ2v) is 7.94. The van der Waals surface area contributed by atoms with Crippen molar-refractivity contribution in [3.8, 4) is 0 Å². The molecule has 2 heterocycles. The highest BCUT2D eigenvalue weighted by Gasteiger charge is 2.28. The van der Waals surface area contributed by atoms with E-state index in [2.05, 4.69) is 21.8 Å². The lowest BCUT2D eigenvalue weighted by atomic mass is 10.1. The van der Waals surface area contributed by atoms with Gasteiger partial charge in [-0.2, -0.15) is 0 Å². The average molecular weight is 385 g/mol. The highest BCUT2D eigenvalue weighted by atomic mass is 32.2. The molecule has 0 saturated carbocycles. The first-order valence-electron chi connectivity index (χ1n) is 9.00. The van der Waals surface area contributed by atoms with Gasteiger partial charge in [0.1, 0.15) is 0 Å². The van der Waals surface area contributed by atoms with E-state index in [9.17, 15) is 9.59 Å². The highest BCUT2D eigenvalue weighted by Crippen LogP contribution is 2.29. The maximum atomic E-state index is 12.1. The Morgan fingerprint density at radius 1 is 1.26 bits per heavy atom. The molecular formula is C20H24N4O2S. The van der Waals surface area contributed by atoms with Crippen molar-refractivity contribution in [1.82, 2.24) is 14.2 Å². The second-order valence-electron chi connectivity index (χ2n) is 6.77. The fourth-order valence-corrected chi connectivity index (χ4v) is 3.99. The van der Waals surface area contributed by atoms with Crippen LogP contribution >= 0.6 is 11.9 Å². The van der Waals surface area contributed by atoms with Gasteiger partial charge in [-0.3, -0.25) is 9.59 Å². The minimum absolute atomic E-state index is 0.00412. The largest absolute Gasteiger partial charge is 0.351 e. The summed E-state index contributed by atoms with van der Waals surface area (Å²) >= 11 is 1.66. The Bertz CT molecular complexity index is 863. The van der Waals surface area contributed by atoms with Gasteiger partial charge in [0.05, 0.1) is 19.0 Å². The number of nitrogens with one attached hydrogen (secondary N) is 2. The summed E-state index contributed by atoms with van der Waals surface area (Å²) in [5.41, 5.74) is 1.54. The van der Waals surface area contributed by atoms with Crippen LogP contribution in [0.25, 0.3) is 0 Å². The van der Waals surface area contributed by atoms with E-state index in [1.807, 2.05) is 18.2 Å². The molecule has 1 atom stereocenters. The lowest BCUT2D eigenvalue weighted by molar-refractivity contribution is -0.124. The standard InChI is InChI=1S/C20H24N4O2S/c1-15(21)12-22-20(26)17-9-11-24(14-17)27-18-7-5-16(6-8-18)13-23-10-3-2-4-19(23)25/h2-8,10,17,21H,9,11-14H2,1H3,(H,22,26). The number of rotatable bonds is 7. The van der Waals surface area contributed by atoms with Gasteiger partial charge in [0.25, 0.3) is 5.56 Å². The summed E-state index contributed by atoms with van der Waals surface area (Å²) in [6.45, 7) is 4.16. The molecule has 1 aliphatic rings. The molecule has 1 aromatic heterocycles. The van der Waals surface area contributed by atoms with E-state index in [4.69, 9.17) is 5.41 Å². The first kappa shape index (κ1) is 19.4. The van der Waals surface area contributed by atoms with Gasteiger partial charge in [-0.05, 0) is 49.1 Å². The second kappa shape index (κ2) is 9.01. The minimum atomic E-state index is -0.0129. The molecule has 1 aromatic carbocycles. The minimum Gasteiger partial charge on any atom is -0.351 e. The first-order chi connectivity index (χ1) is 13.0. The number of pyridine rings is 1. The number of carbonyl (C=O) groups is 1. The Kier molecular flexibility index (Phi) is 6.47. The van der Waals surface area contributed by atoms with E-state index in [1.54, 1.807) is 41.8 Å². The van der Waals surface area contributed by atoms with Crippen molar-refractivity contribution in [2.24, 2.45) is 5.92 Å². The summed E-state index contributed by atoms with van der Waals surface area (Å²) in [4.78, 5) is 25.0. The molecule has 0 radical (unpaired) electrons. The molecule has 3 rings (SSSR count). The number of amides is 1. The number of carbonyl (C=O) groups excluding carboxylic acids is 1. The van der Waals surface area contributed by atoms with Gasteiger partial charge in [0.15, 0.2) is 0 Å². The molecule has 2 aromatic rings. The van der Waals surface area contributed by atoms with Crippen LogP contribution in [0.2, 0.25) is 0 Å². The van der Waals surface area contributed by atoms with Crippen molar-refractivity contribution in [1.29, 1.82) is 5.41 Å². The molecule has 1 amide bonds. The van der Waals surface area contributed by atoms with Crippen LogP contribution in [0, 0.1) is 11.3 Å². The summed E-state index contributed by atoms with van der Waals surface area (Å²) in [5.74, 6) is 0.0226. The average Bonchev–Trinajstić information content (AvgIpc) is 3.12. The van der Waals surface area contributed by atoms with Gasteiger partial charge in [-0.25, -0.2) is 4.31 Å². The Morgan fingerprint density at radius 2 is 2.04 bits per heavy atom. The van der Waals surface area contributed by atoms with Gasteiger partial charge in [-0.1, -0.05) is 18.2 Å². The van der Waals surface area contributed by atoms with E-state index < -0.39 is 0 Å². The van der Waals surface area contributed by atoms with Gasteiger partial charge in [0.2, 0.25) is 5.91 Å². The van der Waals surface area contributed by atoms with Gasteiger partial charge >= 0.3 is 0 Å². The van der Waals surface area contributed by atoms with Crippen LogP contribution in [0.5, 0.6) is 0 Å². The van der Waals surface area contributed by atoms with Crippen molar-refractivity contribution < 1.29 is 4.79 Å². The van der Waals surface area contributed by atoms with Crippen LogP contribution in [0.4, 0.5) is 0 Å². The molecule has 6 nitrogen and oxygen atoms in total. The molecule has 1 saturated heterocycles. The Morgan fingerprint density at radius 3 is 2.74 bits per heavy atom. The lowest BCUT2D eigenvalue weighted by Crippen LogP contribution is -2.34. The SMILES string of the molecule is CC(=N)CNC(=O)C1CCN(Sc2ccc(Cn3ccccc3=O)cc2)C1. The number of benzene rings is 1. The zero-order chi connectivity index (χ0) is 19.2. The fourth-order valence-electron chi connectivity index (χ4n) is 2.98. The van der Waals surface area contributed by atoms with Crippen LogP contribution in [0.3, 0.4) is 0 Å². The molecule has 1 fully saturated rings. The molecule has 0 spiro atoms. The molecule has 1 aliphatic heterocycles. The zero-order valence-corrected chi connectivity index (χ0v) is 16.2. The number of hydrogen-bond donors (Lipinski definition) is 2.